The van der Waals surface area contributed by atoms with Crippen LogP contribution in [-0.4, -0.2) is 11.1 Å². The molecule has 322 valence electrons. The van der Waals surface area contributed by atoms with Gasteiger partial charge in [-0.25, -0.2) is 92.8 Å². The number of nitrogens with zero attached hydrogens (tertiary/aromatic N) is 3. The smallest absolute Gasteiger partial charge is 0.200 e. The molecule has 62 heavy (non-hydrogen) atoms. The minimum absolute atomic E-state index is 0.382. The van der Waals surface area contributed by atoms with E-state index in [2.05, 4.69) is 23.7 Å². The van der Waals surface area contributed by atoms with E-state index >= 15 is 35.1 Å². The predicted molar refractivity (Wildman–Crippen MR) is 174 cm³/mol. The average molecular weight is 901 g/mol. The van der Waals surface area contributed by atoms with E-state index in [1.807, 2.05) is 41.2 Å². The first-order valence-corrected chi connectivity index (χ1v) is 16.2. The zero-order chi connectivity index (χ0) is 46.4. The molecular formula is C38H12BF20N3. The quantitative estimate of drug-likeness (QED) is 0.0410. The maximum absolute atomic E-state index is 15.4. The predicted octanol–water partition coefficient (Wildman–Crippen LogP) is 7.80. The van der Waals surface area contributed by atoms with Crippen LogP contribution in [0.2, 0.25) is 0 Å². The summed E-state index contributed by atoms with van der Waals surface area (Å²) in [6, 6.07) is 12.1. The molecule has 0 fully saturated rings. The number of hydrogen-bond donors (Lipinski definition) is 0. The van der Waals surface area contributed by atoms with Gasteiger partial charge in [0.2, 0.25) is 0 Å². The van der Waals surface area contributed by atoms with Crippen molar-refractivity contribution in [2.75, 3.05) is 0 Å². The van der Waals surface area contributed by atoms with Gasteiger partial charge in [-0.3, -0.25) is 0 Å². The second kappa shape index (κ2) is 17.2. The van der Waals surface area contributed by atoms with Crippen molar-refractivity contribution < 1.29 is 92.4 Å². The Balaban J connectivity index is 0.000000355. The zero-order valence-electron chi connectivity index (χ0n) is 29.5. The molecule has 0 saturated carbocycles. The number of benzene rings is 5. The molecule has 0 amide bonds. The van der Waals surface area contributed by atoms with Gasteiger partial charge in [0, 0.05) is 5.56 Å². The monoisotopic (exact) mass is 901 g/mol. The van der Waals surface area contributed by atoms with Gasteiger partial charge in [-0.05, 0) is 0 Å². The number of halogens is 20. The Morgan fingerprint density at radius 1 is 0.468 bits per heavy atom. The van der Waals surface area contributed by atoms with Crippen LogP contribution in [-0.2, 0) is 6.54 Å². The fraction of sp³-hybridized carbons (Fsp3) is 0.0263. The molecule has 0 spiro atoms. The van der Waals surface area contributed by atoms with Gasteiger partial charge in [-0.1, -0.05) is 36.9 Å². The van der Waals surface area contributed by atoms with Crippen LogP contribution in [0.1, 0.15) is 11.3 Å². The van der Waals surface area contributed by atoms with Gasteiger partial charge < -0.3 is 0 Å². The summed E-state index contributed by atoms with van der Waals surface area (Å²) in [4.78, 5) is 4.11. The van der Waals surface area contributed by atoms with Crippen molar-refractivity contribution in [1.82, 2.24) is 4.98 Å². The van der Waals surface area contributed by atoms with Crippen molar-refractivity contribution in [3.63, 3.8) is 0 Å². The molecule has 0 aliphatic rings. The third-order valence-corrected chi connectivity index (χ3v) is 9.12. The number of aromatic nitrogens is 2. The molecule has 5 aromatic carbocycles. The molecule has 0 N–H and O–H groups in total. The minimum atomic E-state index is -7.22. The highest BCUT2D eigenvalue weighted by Gasteiger charge is 2.52. The molecule has 1 heterocycles. The van der Waals surface area contributed by atoms with Gasteiger partial charge in [0.05, 0.1) is 11.8 Å². The highest BCUT2D eigenvalue weighted by molar-refractivity contribution is 7.20. The van der Waals surface area contributed by atoms with Crippen LogP contribution < -0.4 is 26.4 Å². The van der Waals surface area contributed by atoms with Gasteiger partial charge in [0.1, 0.15) is 64.4 Å². The van der Waals surface area contributed by atoms with Crippen LogP contribution in [0.4, 0.5) is 87.8 Å². The number of nitriles is 1. The van der Waals surface area contributed by atoms with Crippen LogP contribution in [0.15, 0.2) is 55.5 Å². The molecule has 0 bridgehead atoms. The van der Waals surface area contributed by atoms with E-state index in [4.69, 9.17) is 5.26 Å². The van der Waals surface area contributed by atoms with Crippen LogP contribution in [0, 0.1) is 128 Å². The lowest BCUT2D eigenvalue weighted by Gasteiger charge is -2.44. The van der Waals surface area contributed by atoms with Gasteiger partial charge in [0.25, 0.3) is 0 Å². The van der Waals surface area contributed by atoms with E-state index in [-0.39, 0.29) is 0 Å². The molecule has 0 atom stereocenters. The largest absolute Gasteiger partial charge is 0.243 e. The molecule has 6 rings (SSSR count). The Morgan fingerprint density at radius 2 is 0.742 bits per heavy atom. The van der Waals surface area contributed by atoms with Gasteiger partial charge >= 0.3 is 0 Å². The Morgan fingerprint density at radius 3 is 1.02 bits per heavy atom. The highest BCUT2D eigenvalue weighted by Crippen LogP contribution is 2.30. The van der Waals surface area contributed by atoms with Gasteiger partial charge in [0.15, 0.2) is 88.7 Å². The standard InChI is InChI=1S/C24BF20.C14H12N3/c26-5-1(6(27)14(35)21(42)13(5)34)25(2-7(28)15(36)22(43)16(37)8(2)29,3-9(30)17(38)23(44)18(39)10(3)31)4-11(32)19(40)24(45)20(41)12(4)33;1-12(9-15)14-11-17(8-7-16-14)10-13-5-3-2-4-6-13/h;2-8,11H,1,10H2/q-1;+1. The first-order valence-electron chi connectivity index (χ1n) is 16.2. The molecule has 0 unspecified atom stereocenters. The van der Waals surface area contributed by atoms with E-state index in [0.717, 1.165) is 6.54 Å². The molecule has 0 aliphatic heterocycles. The zero-order valence-corrected chi connectivity index (χ0v) is 29.5. The highest BCUT2D eigenvalue weighted by atomic mass is 19.2. The molecular weight excluding hydrogens is 889 g/mol. The molecule has 24 heteroatoms. The second-order valence-corrected chi connectivity index (χ2v) is 12.5. The fourth-order valence-electron chi connectivity index (χ4n) is 6.41. The molecule has 0 radical (unpaired) electrons. The van der Waals surface area contributed by atoms with Crippen molar-refractivity contribution in [1.29, 1.82) is 5.26 Å². The SMILES string of the molecule is C=C(C#N)c1c[n+](Cc2ccccc2)ccn1.Fc1c(F)c(F)c([B-](c2c(F)c(F)c(F)c(F)c2F)(c2c(F)c(F)c(F)c(F)c2F)c2c(F)c(F)c(F)c(F)c2F)c(F)c1F. The lowest BCUT2D eigenvalue weighted by atomic mass is 9.12. The molecule has 0 saturated heterocycles. The maximum Gasteiger partial charge on any atom is 0.200 e. The van der Waals surface area contributed by atoms with Crippen molar-refractivity contribution >= 4 is 33.6 Å². The van der Waals surface area contributed by atoms with E-state index < -0.39 is 144 Å². The number of allylic oxidation sites excluding steroid dienone is 1. The van der Waals surface area contributed by atoms with Crippen LogP contribution in [0.5, 0.6) is 0 Å². The van der Waals surface area contributed by atoms with Crippen molar-refractivity contribution in [3.05, 3.63) is 183 Å². The topological polar surface area (TPSA) is 40.6 Å². The Bertz CT molecular complexity index is 2480. The Labute approximate surface area is 332 Å². The third kappa shape index (κ3) is 7.23. The lowest BCUT2D eigenvalue weighted by molar-refractivity contribution is -0.689. The summed E-state index contributed by atoms with van der Waals surface area (Å²) in [5, 5.41) is 8.77. The minimum Gasteiger partial charge on any atom is -0.243 e. The molecule has 3 nitrogen and oxygen atoms in total. The second-order valence-electron chi connectivity index (χ2n) is 12.5. The Kier molecular flexibility index (Phi) is 12.8. The normalized spacial score (nSPS) is 11.3. The summed E-state index contributed by atoms with van der Waals surface area (Å²) in [6.07, 6.45) is -1.83. The number of hydrogen-bond acceptors (Lipinski definition) is 2. The average Bonchev–Trinajstić information content (AvgIpc) is 3.26. The summed E-state index contributed by atoms with van der Waals surface area (Å²) < 4.78 is 296. The van der Waals surface area contributed by atoms with Gasteiger partial charge in [-0.15, -0.1) is 21.9 Å². The van der Waals surface area contributed by atoms with E-state index in [0.29, 0.717) is 11.3 Å². The lowest BCUT2D eigenvalue weighted by Crippen LogP contribution is -2.81. The van der Waals surface area contributed by atoms with Crippen LogP contribution in [0.3, 0.4) is 0 Å². The summed E-state index contributed by atoms with van der Waals surface area (Å²) in [5.74, 6) is -71.4. The van der Waals surface area contributed by atoms with Crippen molar-refractivity contribution in [3.8, 4) is 6.07 Å². The van der Waals surface area contributed by atoms with Crippen molar-refractivity contribution in [2.24, 2.45) is 0 Å². The van der Waals surface area contributed by atoms with Crippen LogP contribution >= 0.6 is 0 Å². The first kappa shape index (κ1) is 46.1. The van der Waals surface area contributed by atoms with E-state index in [9.17, 15) is 52.7 Å². The third-order valence-electron chi connectivity index (χ3n) is 9.12. The molecule has 0 aliphatic carbocycles. The summed E-state index contributed by atoms with van der Waals surface area (Å²) in [5.41, 5.74) is -12.1. The summed E-state index contributed by atoms with van der Waals surface area (Å²) in [6.45, 7) is 4.41. The molecule has 6 aromatic rings. The molecule has 1 aromatic heterocycles. The van der Waals surface area contributed by atoms with Crippen molar-refractivity contribution in [2.45, 2.75) is 6.54 Å². The summed E-state index contributed by atoms with van der Waals surface area (Å²) in [7, 11) is 0. The Hall–Kier alpha value is -6.93. The number of rotatable bonds is 7. The van der Waals surface area contributed by atoms with Crippen LogP contribution in [0.25, 0.3) is 5.57 Å². The van der Waals surface area contributed by atoms with E-state index in [1.54, 1.807) is 6.20 Å². The first-order chi connectivity index (χ1) is 29.0. The fourth-order valence-corrected chi connectivity index (χ4v) is 6.41. The van der Waals surface area contributed by atoms with Gasteiger partial charge in [-0.2, -0.15) is 9.83 Å². The summed E-state index contributed by atoms with van der Waals surface area (Å²) >= 11 is 0. The van der Waals surface area contributed by atoms with E-state index in [1.165, 1.54) is 5.56 Å². The maximum atomic E-state index is 15.4.